The second-order valence-corrected chi connectivity index (χ2v) is 3.12. The molecule has 0 aliphatic heterocycles. The van der Waals surface area contributed by atoms with Gasteiger partial charge in [0, 0.05) is 16.1 Å². The lowest BCUT2D eigenvalue weighted by Gasteiger charge is -2.01. The third kappa shape index (κ3) is 1.25. The summed E-state index contributed by atoms with van der Waals surface area (Å²) in [5, 5.41) is 11.0. The molecule has 0 saturated carbocycles. The summed E-state index contributed by atoms with van der Waals surface area (Å²) in [5.74, 6) is 0. The maximum atomic E-state index is 10.8. The first kappa shape index (κ1) is 7.82. The second-order valence-electron chi connectivity index (χ2n) is 1.91. The molecule has 0 amide bonds. The van der Waals surface area contributed by atoms with Crippen LogP contribution in [0.4, 0.5) is 0 Å². The van der Waals surface area contributed by atoms with Crippen molar-refractivity contribution >= 4 is 27.5 Å². The summed E-state index contributed by atoms with van der Waals surface area (Å²) in [4.78, 5) is 0. The predicted molar refractivity (Wildman–Crippen MR) is 42.8 cm³/mol. The quantitative estimate of drug-likeness (QED) is 0.375. The van der Waals surface area contributed by atoms with Crippen molar-refractivity contribution in [2.24, 2.45) is 0 Å². The zero-order valence-corrected chi connectivity index (χ0v) is 7.61. The van der Waals surface area contributed by atoms with E-state index in [1.54, 1.807) is 13.0 Å². The van der Waals surface area contributed by atoms with Crippen molar-refractivity contribution in [2.75, 3.05) is 0 Å². The molecule has 0 spiro atoms. The van der Waals surface area contributed by atoms with Crippen LogP contribution < -0.4 is 4.73 Å². The van der Waals surface area contributed by atoms with Crippen LogP contribution in [0.25, 0.3) is 0 Å². The maximum absolute atomic E-state index is 10.8. The van der Waals surface area contributed by atoms with Crippen molar-refractivity contribution < 1.29 is 4.73 Å². The molecule has 0 N–H and O–H groups in total. The monoisotopic (exact) mass is 221 g/mol. The first-order valence-electron chi connectivity index (χ1n) is 2.66. The summed E-state index contributed by atoms with van der Waals surface area (Å²) in [6.45, 7) is 1.78. The molecule has 4 heteroatoms. The average molecular weight is 222 g/mol. The van der Waals surface area contributed by atoms with Crippen LogP contribution in [0.2, 0.25) is 5.15 Å². The van der Waals surface area contributed by atoms with Gasteiger partial charge in [-0.05, 0) is 18.5 Å². The fraction of sp³-hybridized carbons (Fsp3) is 0.167. The third-order valence-electron chi connectivity index (χ3n) is 1.22. The van der Waals surface area contributed by atoms with Crippen LogP contribution in [0.1, 0.15) is 5.56 Å². The largest absolute Gasteiger partial charge is 0.618 e. The molecule has 1 aromatic rings. The van der Waals surface area contributed by atoms with E-state index in [4.69, 9.17) is 11.6 Å². The minimum Gasteiger partial charge on any atom is -0.618 e. The Morgan fingerprint density at radius 1 is 1.70 bits per heavy atom. The molecule has 0 saturated heterocycles. The Labute approximate surface area is 72.1 Å². The third-order valence-corrected chi connectivity index (χ3v) is 2.53. The lowest BCUT2D eigenvalue weighted by atomic mass is 10.3. The first-order chi connectivity index (χ1) is 4.63. The Morgan fingerprint density at radius 3 is 2.80 bits per heavy atom. The van der Waals surface area contributed by atoms with Gasteiger partial charge in [-0.25, -0.2) is 0 Å². The van der Waals surface area contributed by atoms with Crippen LogP contribution in [0.5, 0.6) is 0 Å². The highest BCUT2D eigenvalue weighted by atomic mass is 79.9. The number of nitrogens with zero attached hydrogens (tertiary/aromatic N) is 1. The summed E-state index contributed by atoms with van der Waals surface area (Å²) in [6.07, 6.45) is 1.36. The molecule has 0 radical (unpaired) electrons. The lowest BCUT2D eigenvalue weighted by molar-refractivity contribution is -0.603. The van der Waals surface area contributed by atoms with Crippen molar-refractivity contribution in [3.63, 3.8) is 0 Å². The Kier molecular flexibility index (Phi) is 2.16. The molecule has 1 aromatic heterocycles. The van der Waals surface area contributed by atoms with E-state index in [2.05, 4.69) is 15.9 Å². The Bertz CT molecular complexity index is 237. The minimum atomic E-state index is 0.217. The van der Waals surface area contributed by atoms with Gasteiger partial charge >= 0.3 is 0 Å². The first-order valence-corrected chi connectivity index (χ1v) is 3.84. The smallest absolute Gasteiger partial charge is 0.290 e. The van der Waals surface area contributed by atoms with E-state index in [1.165, 1.54) is 6.20 Å². The summed E-state index contributed by atoms with van der Waals surface area (Å²) in [5.41, 5.74) is 0.763. The molecule has 1 heterocycles. The molecular weight excluding hydrogens is 217 g/mol. The summed E-state index contributed by atoms with van der Waals surface area (Å²) < 4.78 is 1.48. The van der Waals surface area contributed by atoms with Crippen molar-refractivity contribution in [1.29, 1.82) is 0 Å². The van der Waals surface area contributed by atoms with Gasteiger partial charge in [-0.1, -0.05) is 15.9 Å². The number of pyridine rings is 1. The van der Waals surface area contributed by atoms with E-state index >= 15 is 0 Å². The van der Waals surface area contributed by atoms with Crippen molar-refractivity contribution in [1.82, 2.24) is 0 Å². The van der Waals surface area contributed by atoms with E-state index in [0.717, 1.165) is 10.0 Å². The van der Waals surface area contributed by atoms with Gasteiger partial charge in [0.1, 0.15) is 0 Å². The molecule has 0 bridgehead atoms. The molecule has 0 aliphatic rings. The van der Waals surface area contributed by atoms with Gasteiger partial charge < -0.3 is 5.21 Å². The topological polar surface area (TPSA) is 26.9 Å². The van der Waals surface area contributed by atoms with Gasteiger partial charge in [0.15, 0.2) is 6.20 Å². The van der Waals surface area contributed by atoms with E-state index in [0.29, 0.717) is 4.73 Å². The molecule has 0 aliphatic carbocycles. The average Bonchev–Trinajstić information content (AvgIpc) is 1.93. The van der Waals surface area contributed by atoms with Crippen molar-refractivity contribution in [2.45, 2.75) is 6.92 Å². The zero-order valence-electron chi connectivity index (χ0n) is 5.27. The molecule has 2 nitrogen and oxygen atoms in total. The van der Waals surface area contributed by atoms with Gasteiger partial charge in [0.2, 0.25) is 0 Å². The van der Waals surface area contributed by atoms with Crippen LogP contribution >= 0.6 is 27.5 Å². The second kappa shape index (κ2) is 2.76. The summed E-state index contributed by atoms with van der Waals surface area (Å²) in [6, 6.07) is 1.66. The van der Waals surface area contributed by atoms with E-state index < -0.39 is 0 Å². The molecular formula is C6H5BrClNO. The number of rotatable bonds is 0. The predicted octanol–water partition coefficient (Wildman–Crippen LogP) is 2.04. The molecule has 0 fully saturated rings. The Morgan fingerprint density at radius 2 is 2.30 bits per heavy atom. The normalized spacial score (nSPS) is 9.90. The van der Waals surface area contributed by atoms with Crippen LogP contribution in [-0.2, 0) is 0 Å². The van der Waals surface area contributed by atoms with E-state index in [9.17, 15) is 5.21 Å². The summed E-state index contributed by atoms with van der Waals surface area (Å²) >= 11 is 8.85. The van der Waals surface area contributed by atoms with E-state index in [1.807, 2.05) is 0 Å². The van der Waals surface area contributed by atoms with Crippen molar-refractivity contribution in [3.8, 4) is 0 Å². The van der Waals surface area contributed by atoms with Gasteiger partial charge in [-0.3, -0.25) is 0 Å². The standard InChI is InChI=1S/C6H5BrClNO/c1-4-5(7)2-3-9(10)6(4)8/h2-3H,1H3. The summed E-state index contributed by atoms with van der Waals surface area (Å²) in [7, 11) is 0. The highest BCUT2D eigenvalue weighted by Crippen LogP contribution is 2.19. The van der Waals surface area contributed by atoms with Crippen LogP contribution in [0.15, 0.2) is 16.7 Å². The molecule has 10 heavy (non-hydrogen) atoms. The zero-order chi connectivity index (χ0) is 7.72. The van der Waals surface area contributed by atoms with Crippen LogP contribution in [-0.4, -0.2) is 0 Å². The maximum Gasteiger partial charge on any atom is 0.290 e. The van der Waals surface area contributed by atoms with Crippen molar-refractivity contribution in [3.05, 3.63) is 32.7 Å². The fourth-order valence-electron chi connectivity index (χ4n) is 0.587. The molecule has 1 rings (SSSR count). The van der Waals surface area contributed by atoms with Gasteiger partial charge in [-0.2, -0.15) is 4.73 Å². The molecule has 0 aromatic carbocycles. The number of hydrogen-bond donors (Lipinski definition) is 0. The molecule has 54 valence electrons. The molecule has 0 atom stereocenters. The molecule has 0 unspecified atom stereocenters. The van der Waals surface area contributed by atoms with Crippen LogP contribution in [0, 0.1) is 12.1 Å². The lowest BCUT2D eigenvalue weighted by Crippen LogP contribution is -2.27. The highest BCUT2D eigenvalue weighted by Gasteiger charge is 2.07. The SMILES string of the molecule is Cc1c(Br)cc[n+]([O-])c1Cl. The van der Waals surface area contributed by atoms with Gasteiger partial charge in [-0.15, -0.1) is 0 Å². The Balaban J connectivity index is 3.34. The fourth-order valence-corrected chi connectivity index (χ4v) is 1.17. The number of halogens is 2. The van der Waals surface area contributed by atoms with Gasteiger partial charge in [0.05, 0.1) is 0 Å². The van der Waals surface area contributed by atoms with Gasteiger partial charge in [0.25, 0.3) is 5.15 Å². The highest BCUT2D eigenvalue weighted by molar-refractivity contribution is 9.10. The van der Waals surface area contributed by atoms with E-state index in [-0.39, 0.29) is 5.15 Å². The minimum absolute atomic E-state index is 0.217. The Hall–Kier alpha value is -0.280. The number of hydrogen-bond acceptors (Lipinski definition) is 1. The van der Waals surface area contributed by atoms with Crippen LogP contribution in [0.3, 0.4) is 0 Å². The number of aromatic nitrogens is 1.